The zero-order valence-electron chi connectivity index (χ0n) is 22.8. The van der Waals surface area contributed by atoms with E-state index in [0.29, 0.717) is 16.8 Å². The number of rotatable bonds is 8. The first-order chi connectivity index (χ1) is 19.2. The van der Waals surface area contributed by atoms with Gasteiger partial charge in [0.05, 0.1) is 12.0 Å². The van der Waals surface area contributed by atoms with E-state index in [2.05, 4.69) is 5.32 Å². The highest BCUT2D eigenvalue weighted by molar-refractivity contribution is 7.12. The number of nitrogens with two attached hydrogens (primary N) is 1. The van der Waals surface area contributed by atoms with Crippen molar-refractivity contribution in [2.75, 3.05) is 5.32 Å². The van der Waals surface area contributed by atoms with Crippen molar-refractivity contribution < 1.29 is 19.2 Å². The van der Waals surface area contributed by atoms with Crippen molar-refractivity contribution in [1.29, 1.82) is 0 Å². The van der Waals surface area contributed by atoms with Crippen molar-refractivity contribution >= 4 is 46.6 Å². The average molecular weight is 556 g/mol. The summed E-state index contributed by atoms with van der Waals surface area (Å²) in [6, 6.07) is 17.0. The van der Waals surface area contributed by atoms with Gasteiger partial charge in [-0.05, 0) is 56.0 Å². The highest BCUT2D eigenvalue weighted by Gasteiger charge is 2.57. The van der Waals surface area contributed by atoms with Gasteiger partial charge in [-0.25, -0.2) is 0 Å². The van der Waals surface area contributed by atoms with Gasteiger partial charge in [0.2, 0.25) is 17.7 Å². The van der Waals surface area contributed by atoms with E-state index in [1.54, 1.807) is 40.5 Å². The number of nitrogens with one attached hydrogen (secondary N) is 1. The Hall–Kier alpha value is -4.04. The summed E-state index contributed by atoms with van der Waals surface area (Å²) in [5.41, 5.74) is 8.90. The maximum atomic E-state index is 14.4. The second-order valence-corrected chi connectivity index (χ2v) is 12.1. The van der Waals surface area contributed by atoms with Crippen LogP contribution >= 0.6 is 11.3 Å². The molecule has 5 rings (SSSR count). The van der Waals surface area contributed by atoms with Gasteiger partial charge in [0.1, 0.15) is 6.04 Å². The predicted octanol–water partition coefficient (Wildman–Crippen LogP) is 5.09. The van der Waals surface area contributed by atoms with Gasteiger partial charge in [-0.1, -0.05) is 54.6 Å². The minimum absolute atomic E-state index is 0.113. The largest absolute Gasteiger partial charge is 0.368 e. The smallest absolute Gasteiger partial charge is 0.240 e. The Balaban J connectivity index is 1.67. The number of carbonyl (C=O) groups excluding carboxylic acids is 4. The molecule has 3 N–H and O–H groups in total. The number of hydrogen-bond acceptors (Lipinski definition) is 5. The molecular weight excluding hydrogens is 522 g/mol. The predicted molar refractivity (Wildman–Crippen MR) is 157 cm³/mol. The van der Waals surface area contributed by atoms with Crippen LogP contribution in [0.15, 0.2) is 66.7 Å². The lowest BCUT2D eigenvalue weighted by Crippen LogP contribution is -2.49. The lowest BCUT2D eigenvalue weighted by atomic mass is 9.77. The van der Waals surface area contributed by atoms with Crippen molar-refractivity contribution in [3.63, 3.8) is 0 Å². The van der Waals surface area contributed by atoms with Crippen molar-refractivity contribution in [3.05, 3.63) is 93.2 Å². The van der Waals surface area contributed by atoms with Crippen molar-refractivity contribution in [3.8, 4) is 0 Å². The van der Waals surface area contributed by atoms with Crippen LogP contribution in [0.25, 0.3) is 6.08 Å². The summed E-state index contributed by atoms with van der Waals surface area (Å²) in [5, 5.41) is 2.75. The van der Waals surface area contributed by atoms with Crippen LogP contribution in [-0.2, 0) is 14.4 Å². The third-order valence-electron chi connectivity index (χ3n) is 7.70. The molecule has 0 radical (unpaired) electrons. The van der Waals surface area contributed by atoms with Gasteiger partial charge in [-0.2, -0.15) is 0 Å². The molecule has 3 aromatic rings. The Morgan fingerprint density at radius 1 is 1.00 bits per heavy atom. The van der Waals surface area contributed by atoms with Gasteiger partial charge in [0.15, 0.2) is 5.78 Å². The van der Waals surface area contributed by atoms with E-state index in [-0.39, 0.29) is 23.5 Å². The summed E-state index contributed by atoms with van der Waals surface area (Å²) >= 11 is 1.55. The summed E-state index contributed by atoms with van der Waals surface area (Å²) in [6.07, 6.45) is 5.30. The van der Waals surface area contributed by atoms with Crippen LogP contribution in [-0.4, -0.2) is 40.5 Å². The standard InChI is InChI=1S/C32H33N3O4S/c1-18-17-25(19(2)40-18)30(37)28-26(16-9-21-7-5-4-6-8-21)35(32(39)23-10-11-23)29(31(33)38)27(28)22-12-14-24(15-13-22)34-20(3)36/h4-9,12-17,23,26-29H,10-11H2,1-3H3,(H2,33,38)(H,34,36). The summed E-state index contributed by atoms with van der Waals surface area (Å²) in [7, 11) is 0. The number of aryl methyl sites for hydroxylation is 2. The number of primary amides is 1. The Labute approximate surface area is 238 Å². The van der Waals surface area contributed by atoms with E-state index < -0.39 is 29.8 Å². The van der Waals surface area contributed by atoms with Crippen LogP contribution in [0.1, 0.15) is 56.9 Å². The van der Waals surface area contributed by atoms with Gasteiger partial charge in [-0.15, -0.1) is 11.3 Å². The Bertz CT molecular complexity index is 1470. The van der Waals surface area contributed by atoms with Crippen molar-refractivity contribution in [1.82, 2.24) is 4.90 Å². The molecule has 1 saturated carbocycles. The molecule has 0 bridgehead atoms. The topological polar surface area (TPSA) is 110 Å². The van der Waals surface area contributed by atoms with Crippen LogP contribution < -0.4 is 11.1 Å². The highest BCUT2D eigenvalue weighted by atomic mass is 32.1. The first-order valence-electron chi connectivity index (χ1n) is 13.5. The Morgan fingerprint density at radius 3 is 2.23 bits per heavy atom. The summed E-state index contributed by atoms with van der Waals surface area (Å²) in [5.74, 6) is -2.67. The van der Waals surface area contributed by atoms with Gasteiger partial charge in [-0.3, -0.25) is 19.2 Å². The Morgan fingerprint density at radius 2 is 1.68 bits per heavy atom. The number of thiophene rings is 1. The van der Waals surface area contributed by atoms with Gasteiger partial charge < -0.3 is 16.0 Å². The van der Waals surface area contributed by atoms with E-state index in [0.717, 1.165) is 28.2 Å². The molecule has 1 aromatic heterocycles. The third kappa shape index (κ3) is 5.49. The average Bonchev–Trinajstić information content (AvgIpc) is 3.63. The van der Waals surface area contributed by atoms with E-state index in [4.69, 9.17) is 5.73 Å². The summed E-state index contributed by atoms with van der Waals surface area (Å²) in [4.78, 5) is 56.5. The zero-order chi connectivity index (χ0) is 28.6. The van der Waals surface area contributed by atoms with E-state index >= 15 is 0 Å². The molecule has 1 aliphatic heterocycles. The highest BCUT2D eigenvalue weighted by Crippen LogP contribution is 2.48. The third-order valence-corrected chi connectivity index (χ3v) is 8.66. The monoisotopic (exact) mass is 555 g/mol. The van der Waals surface area contributed by atoms with Gasteiger partial charge in [0.25, 0.3) is 0 Å². The second kappa shape index (κ2) is 11.2. The quantitative estimate of drug-likeness (QED) is 0.377. The SMILES string of the molecule is CC(=O)Nc1ccc(C2C(C(=O)c3cc(C)sc3C)C(C=Cc3ccccc3)N(C(=O)C3CC3)C2C(N)=O)cc1. The molecule has 2 aromatic carbocycles. The van der Waals surface area contributed by atoms with Crippen LogP contribution in [0.5, 0.6) is 0 Å². The Kier molecular flexibility index (Phi) is 7.72. The molecule has 1 saturated heterocycles. The molecule has 0 spiro atoms. The summed E-state index contributed by atoms with van der Waals surface area (Å²) in [6.45, 7) is 5.31. The first-order valence-corrected chi connectivity index (χ1v) is 14.3. The number of ketones is 1. The van der Waals surface area contributed by atoms with Gasteiger partial charge in [0, 0.05) is 39.8 Å². The second-order valence-electron chi connectivity index (χ2n) is 10.7. The lowest BCUT2D eigenvalue weighted by molar-refractivity contribution is -0.139. The molecule has 4 atom stereocenters. The maximum Gasteiger partial charge on any atom is 0.240 e. The molecule has 40 heavy (non-hydrogen) atoms. The first kappa shape index (κ1) is 27.5. The number of carbonyl (C=O) groups is 4. The van der Waals surface area contributed by atoms with Crippen LogP contribution in [0.3, 0.4) is 0 Å². The number of benzene rings is 2. The molecule has 7 nitrogen and oxygen atoms in total. The minimum Gasteiger partial charge on any atom is -0.368 e. The number of Topliss-reactive ketones (excluding diaryl/α,β-unsaturated/α-hetero) is 1. The molecule has 206 valence electrons. The van der Waals surface area contributed by atoms with E-state index in [1.165, 1.54) is 6.92 Å². The fraction of sp³-hybridized carbons (Fsp3) is 0.312. The van der Waals surface area contributed by atoms with E-state index in [9.17, 15) is 19.2 Å². The number of anilines is 1. The van der Waals surface area contributed by atoms with Gasteiger partial charge >= 0.3 is 0 Å². The van der Waals surface area contributed by atoms with E-state index in [1.807, 2.05) is 62.4 Å². The molecule has 2 fully saturated rings. The number of nitrogens with zero attached hydrogens (tertiary/aromatic N) is 1. The molecule has 3 amide bonds. The molecule has 2 aliphatic rings. The fourth-order valence-electron chi connectivity index (χ4n) is 5.82. The van der Waals surface area contributed by atoms with Crippen LogP contribution in [0, 0.1) is 25.7 Å². The maximum absolute atomic E-state index is 14.4. The molecule has 2 heterocycles. The van der Waals surface area contributed by atoms with Crippen LogP contribution in [0.4, 0.5) is 5.69 Å². The molecule has 8 heteroatoms. The summed E-state index contributed by atoms with van der Waals surface area (Å²) < 4.78 is 0. The number of hydrogen-bond donors (Lipinski definition) is 2. The zero-order valence-corrected chi connectivity index (χ0v) is 23.6. The normalized spacial score (nSPS) is 22.4. The molecular formula is C32H33N3O4S. The van der Waals surface area contributed by atoms with Crippen molar-refractivity contribution in [2.24, 2.45) is 17.6 Å². The molecule has 4 unspecified atom stereocenters. The fourth-order valence-corrected chi connectivity index (χ4v) is 6.75. The number of likely N-dealkylation sites (tertiary alicyclic amines) is 1. The van der Waals surface area contributed by atoms with Crippen molar-refractivity contribution in [2.45, 2.75) is 51.6 Å². The minimum atomic E-state index is -1.00. The number of amides is 3. The lowest BCUT2D eigenvalue weighted by Gasteiger charge is -2.29. The molecule has 1 aliphatic carbocycles. The van der Waals surface area contributed by atoms with Crippen LogP contribution in [0.2, 0.25) is 0 Å².